The second kappa shape index (κ2) is 7.53. The Bertz CT molecular complexity index is 633. The smallest absolute Gasteiger partial charge is 0.321 e. The average Bonchev–Trinajstić information content (AvgIpc) is 2.41. The van der Waals surface area contributed by atoms with Gasteiger partial charge in [-0.25, -0.2) is 12.8 Å². The highest BCUT2D eigenvalue weighted by Gasteiger charge is 2.28. The molecule has 1 rings (SSSR count). The van der Waals surface area contributed by atoms with Gasteiger partial charge in [-0.15, -0.1) is 6.58 Å². The van der Waals surface area contributed by atoms with Crippen molar-refractivity contribution in [1.82, 2.24) is 4.31 Å². The quantitative estimate of drug-likeness (QED) is 0.566. The number of esters is 1. The van der Waals surface area contributed by atoms with E-state index < -0.39 is 33.3 Å². The Hall–Kier alpha value is -1.44. The van der Waals surface area contributed by atoms with Gasteiger partial charge >= 0.3 is 5.97 Å². The maximum atomic E-state index is 13.3. The number of hydrogen-bond donors (Lipinski definition) is 0. The normalized spacial score (nSPS) is 11.4. The molecule has 0 bridgehead atoms. The molecule has 116 valence electrons. The van der Waals surface area contributed by atoms with Crippen molar-refractivity contribution in [3.8, 4) is 0 Å². The number of hydrogen-bond acceptors (Lipinski definition) is 4. The highest BCUT2D eigenvalue weighted by atomic mass is 35.5. The van der Waals surface area contributed by atoms with E-state index >= 15 is 0 Å². The first-order valence-electron chi connectivity index (χ1n) is 6.04. The summed E-state index contributed by atoms with van der Waals surface area (Å²) in [6.45, 7) is 4.53. The molecule has 8 heteroatoms. The molecule has 0 aliphatic rings. The molecule has 0 unspecified atom stereocenters. The Morgan fingerprint density at radius 2 is 2.19 bits per heavy atom. The van der Waals surface area contributed by atoms with Crippen LogP contribution in [0.15, 0.2) is 35.7 Å². The van der Waals surface area contributed by atoms with Crippen molar-refractivity contribution in [2.75, 3.05) is 19.7 Å². The minimum Gasteiger partial charge on any atom is -0.465 e. The molecule has 0 N–H and O–H groups in total. The predicted octanol–water partition coefficient (Wildman–Crippen LogP) is 2.22. The van der Waals surface area contributed by atoms with Gasteiger partial charge in [0, 0.05) is 6.54 Å². The zero-order chi connectivity index (χ0) is 16.0. The van der Waals surface area contributed by atoms with Crippen LogP contribution in [0, 0.1) is 5.82 Å². The molecule has 0 radical (unpaired) electrons. The third-order valence-corrected chi connectivity index (χ3v) is 4.75. The van der Waals surface area contributed by atoms with Crippen LogP contribution in [-0.2, 0) is 19.6 Å². The summed E-state index contributed by atoms with van der Waals surface area (Å²) in [5, 5.41) is -0.130. The molecule has 0 amide bonds. The van der Waals surface area contributed by atoms with Crippen molar-refractivity contribution in [2.45, 2.75) is 11.8 Å². The van der Waals surface area contributed by atoms with Gasteiger partial charge in [0.2, 0.25) is 10.0 Å². The summed E-state index contributed by atoms with van der Waals surface area (Å²) in [6, 6.07) is 2.99. The van der Waals surface area contributed by atoms with Crippen LogP contribution >= 0.6 is 11.6 Å². The minimum atomic E-state index is -4.14. The number of rotatable bonds is 7. The standard InChI is InChI=1S/C13H15ClFNO4S/c1-3-7-16(9-13(17)20-4-2)21(18,19)12-8-10(15)5-6-11(12)14/h3,5-6,8H,1,4,7,9H2,2H3. The van der Waals surface area contributed by atoms with Gasteiger partial charge in [0.05, 0.1) is 11.6 Å². The number of nitrogens with zero attached hydrogens (tertiary/aromatic N) is 1. The summed E-state index contributed by atoms with van der Waals surface area (Å²) in [5.41, 5.74) is 0. The van der Waals surface area contributed by atoms with Crippen molar-refractivity contribution in [3.05, 3.63) is 41.7 Å². The van der Waals surface area contributed by atoms with E-state index in [1.165, 1.54) is 6.08 Å². The molecule has 1 aromatic rings. The van der Waals surface area contributed by atoms with Crippen molar-refractivity contribution >= 4 is 27.6 Å². The first-order valence-corrected chi connectivity index (χ1v) is 7.86. The van der Waals surface area contributed by atoms with Crippen molar-refractivity contribution in [2.24, 2.45) is 0 Å². The lowest BCUT2D eigenvalue weighted by molar-refractivity contribution is -0.143. The van der Waals surface area contributed by atoms with Gasteiger partial charge in [0.1, 0.15) is 17.3 Å². The number of sulfonamides is 1. The molecule has 0 atom stereocenters. The number of ether oxygens (including phenoxy) is 1. The number of carbonyl (C=O) groups excluding carboxylic acids is 1. The maximum Gasteiger partial charge on any atom is 0.321 e. The number of halogens is 2. The first kappa shape index (κ1) is 17.6. The molecule has 1 aromatic carbocycles. The monoisotopic (exact) mass is 335 g/mol. The van der Waals surface area contributed by atoms with Gasteiger partial charge in [-0.3, -0.25) is 4.79 Å². The highest BCUT2D eigenvalue weighted by molar-refractivity contribution is 7.89. The Labute approximate surface area is 128 Å². The number of benzene rings is 1. The fourth-order valence-corrected chi connectivity index (χ4v) is 3.40. The molecule has 0 aliphatic heterocycles. The predicted molar refractivity (Wildman–Crippen MR) is 77.0 cm³/mol. The molecular formula is C13H15ClFNO4S. The zero-order valence-corrected chi connectivity index (χ0v) is 13.0. The highest BCUT2D eigenvalue weighted by Crippen LogP contribution is 2.25. The fourth-order valence-electron chi connectivity index (χ4n) is 1.56. The molecule has 0 heterocycles. The SMILES string of the molecule is C=CCN(CC(=O)OCC)S(=O)(=O)c1cc(F)ccc1Cl. The lowest BCUT2D eigenvalue weighted by atomic mass is 10.3. The van der Waals surface area contributed by atoms with Gasteiger partial charge in [-0.2, -0.15) is 4.31 Å². The molecule has 0 fully saturated rings. The van der Waals surface area contributed by atoms with Crippen molar-refractivity contribution in [1.29, 1.82) is 0 Å². The van der Waals surface area contributed by atoms with E-state index in [0.29, 0.717) is 0 Å². The van der Waals surface area contributed by atoms with Crippen LogP contribution in [0.1, 0.15) is 6.92 Å². The van der Waals surface area contributed by atoms with Gasteiger partial charge in [-0.1, -0.05) is 17.7 Å². The summed E-state index contributed by atoms with van der Waals surface area (Å²) in [6.07, 6.45) is 1.31. The van der Waals surface area contributed by atoms with E-state index in [9.17, 15) is 17.6 Å². The Morgan fingerprint density at radius 3 is 2.76 bits per heavy atom. The topological polar surface area (TPSA) is 63.7 Å². The Morgan fingerprint density at radius 1 is 1.52 bits per heavy atom. The van der Waals surface area contributed by atoms with E-state index in [4.69, 9.17) is 16.3 Å². The van der Waals surface area contributed by atoms with Crippen LogP contribution in [0.4, 0.5) is 4.39 Å². The lowest BCUT2D eigenvalue weighted by Crippen LogP contribution is -2.36. The molecule has 0 aliphatic carbocycles. The van der Waals surface area contributed by atoms with Crippen LogP contribution < -0.4 is 0 Å². The van der Waals surface area contributed by atoms with Gasteiger partial charge in [0.25, 0.3) is 0 Å². The minimum absolute atomic E-state index is 0.127. The van der Waals surface area contributed by atoms with E-state index in [1.807, 2.05) is 0 Å². The maximum absolute atomic E-state index is 13.3. The average molecular weight is 336 g/mol. The van der Waals surface area contributed by atoms with E-state index in [1.54, 1.807) is 6.92 Å². The lowest BCUT2D eigenvalue weighted by Gasteiger charge is -2.20. The third kappa shape index (κ3) is 4.52. The zero-order valence-electron chi connectivity index (χ0n) is 11.4. The van der Waals surface area contributed by atoms with E-state index in [0.717, 1.165) is 22.5 Å². The summed E-state index contributed by atoms with van der Waals surface area (Å²) >= 11 is 5.81. The van der Waals surface area contributed by atoms with Gasteiger partial charge in [0.15, 0.2) is 0 Å². The largest absolute Gasteiger partial charge is 0.465 e. The second-order valence-electron chi connectivity index (χ2n) is 3.97. The summed E-state index contributed by atoms with van der Waals surface area (Å²) in [5.74, 6) is -1.46. The van der Waals surface area contributed by atoms with Gasteiger partial charge in [-0.05, 0) is 25.1 Å². The molecule has 0 spiro atoms. The number of carbonyl (C=O) groups is 1. The van der Waals surface area contributed by atoms with E-state index in [2.05, 4.69) is 6.58 Å². The second-order valence-corrected chi connectivity index (χ2v) is 6.28. The van der Waals surface area contributed by atoms with Crippen LogP contribution in [0.3, 0.4) is 0 Å². The van der Waals surface area contributed by atoms with Gasteiger partial charge < -0.3 is 4.74 Å². The van der Waals surface area contributed by atoms with E-state index in [-0.39, 0.29) is 18.2 Å². The van der Waals surface area contributed by atoms with Crippen LogP contribution in [0.5, 0.6) is 0 Å². The summed E-state index contributed by atoms with van der Waals surface area (Å²) in [4.78, 5) is 11.1. The molecule has 21 heavy (non-hydrogen) atoms. The Kier molecular flexibility index (Phi) is 6.32. The molecular weight excluding hydrogens is 321 g/mol. The molecule has 0 aromatic heterocycles. The van der Waals surface area contributed by atoms with Crippen LogP contribution in [0.25, 0.3) is 0 Å². The fraction of sp³-hybridized carbons (Fsp3) is 0.308. The van der Waals surface area contributed by atoms with Crippen LogP contribution in [0.2, 0.25) is 5.02 Å². The molecule has 0 saturated heterocycles. The van der Waals surface area contributed by atoms with Crippen molar-refractivity contribution in [3.63, 3.8) is 0 Å². The summed E-state index contributed by atoms with van der Waals surface area (Å²) in [7, 11) is -4.14. The summed E-state index contributed by atoms with van der Waals surface area (Å²) < 4.78 is 43.7. The third-order valence-electron chi connectivity index (χ3n) is 2.45. The first-order chi connectivity index (χ1) is 9.82. The molecule has 0 saturated carbocycles. The Balaban J connectivity index is 3.18. The van der Waals surface area contributed by atoms with Crippen molar-refractivity contribution < 1.29 is 22.3 Å². The van der Waals surface area contributed by atoms with Crippen LogP contribution in [-0.4, -0.2) is 38.4 Å². The molecule has 5 nitrogen and oxygen atoms in total.